The zero-order valence-corrected chi connectivity index (χ0v) is 16.9. The maximum atomic E-state index is 12.7. The van der Waals surface area contributed by atoms with Crippen LogP contribution in [0.4, 0.5) is 5.95 Å². The third kappa shape index (κ3) is 3.46. The Bertz CT molecular complexity index is 1070. The zero-order valence-electron chi connectivity index (χ0n) is 16.9. The van der Waals surface area contributed by atoms with Gasteiger partial charge in [0.1, 0.15) is 5.75 Å². The summed E-state index contributed by atoms with van der Waals surface area (Å²) in [6.07, 6.45) is 2.12. The molecule has 1 aliphatic rings. The van der Waals surface area contributed by atoms with Crippen molar-refractivity contribution in [1.29, 1.82) is 0 Å². The third-order valence-corrected chi connectivity index (χ3v) is 5.20. The number of hydrogen-bond acceptors (Lipinski definition) is 5. The highest BCUT2D eigenvalue weighted by molar-refractivity contribution is 5.94. The van der Waals surface area contributed by atoms with E-state index in [4.69, 9.17) is 14.5 Å². The molecular weight excluding hydrogens is 366 g/mol. The van der Waals surface area contributed by atoms with Crippen molar-refractivity contribution in [2.75, 3.05) is 19.0 Å². The van der Waals surface area contributed by atoms with E-state index in [1.807, 2.05) is 55.5 Å². The van der Waals surface area contributed by atoms with Crippen molar-refractivity contribution in [2.45, 2.75) is 32.7 Å². The summed E-state index contributed by atoms with van der Waals surface area (Å²) in [4.78, 5) is 17.4. The molecular formula is C23H25N3O3. The summed E-state index contributed by atoms with van der Waals surface area (Å²) < 4.78 is 13.0. The highest BCUT2D eigenvalue weighted by atomic mass is 16.5. The summed E-state index contributed by atoms with van der Waals surface area (Å²) >= 11 is 0. The fraction of sp³-hybridized carbons (Fsp3) is 0.304. The van der Waals surface area contributed by atoms with E-state index in [1.165, 1.54) is 7.11 Å². The highest BCUT2D eigenvalue weighted by Crippen LogP contribution is 2.39. The second-order valence-electron chi connectivity index (χ2n) is 7.12. The van der Waals surface area contributed by atoms with Crippen LogP contribution in [0.3, 0.4) is 0 Å². The first kappa shape index (κ1) is 19.1. The van der Waals surface area contributed by atoms with Crippen LogP contribution in [0.15, 0.2) is 59.8 Å². The molecule has 0 spiro atoms. The molecule has 2 heterocycles. The van der Waals surface area contributed by atoms with E-state index >= 15 is 0 Å². The molecule has 1 N–H and O–H groups in total. The number of methoxy groups -OCH3 is 1. The van der Waals surface area contributed by atoms with Crippen LogP contribution in [0.5, 0.6) is 5.75 Å². The maximum absolute atomic E-state index is 12.7. The molecule has 0 aliphatic carbocycles. The number of rotatable bonds is 6. The van der Waals surface area contributed by atoms with E-state index in [2.05, 4.69) is 16.8 Å². The Morgan fingerprint density at radius 1 is 1.17 bits per heavy atom. The van der Waals surface area contributed by atoms with Crippen LogP contribution in [0.25, 0.3) is 11.0 Å². The number of anilines is 1. The molecule has 0 bridgehead atoms. The summed E-state index contributed by atoms with van der Waals surface area (Å²) in [6, 6.07) is 15.5. The van der Waals surface area contributed by atoms with Crippen LogP contribution in [0.2, 0.25) is 0 Å². The van der Waals surface area contributed by atoms with Gasteiger partial charge in [-0.3, -0.25) is 4.57 Å². The van der Waals surface area contributed by atoms with Crippen molar-refractivity contribution in [2.24, 2.45) is 0 Å². The molecule has 0 radical (unpaired) electrons. The predicted molar refractivity (Wildman–Crippen MR) is 113 cm³/mol. The minimum absolute atomic E-state index is 0.337. The van der Waals surface area contributed by atoms with Crippen molar-refractivity contribution in [3.05, 3.63) is 65.4 Å². The molecule has 3 aromatic rings. The lowest BCUT2D eigenvalue weighted by Gasteiger charge is -2.30. The van der Waals surface area contributed by atoms with Crippen LogP contribution >= 0.6 is 0 Å². The summed E-state index contributed by atoms with van der Waals surface area (Å²) in [5.41, 5.74) is 4.12. The highest BCUT2D eigenvalue weighted by Gasteiger charge is 2.34. The minimum atomic E-state index is -0.355. The molecule has 4 rings (SSSR count). The van der Waals surface area contributed by atoms with Crippen molar-refractivity contribution >= 4 is 23.0 Å². The molecule has 0 fully saturated rings. The summed E-state index contributed by atoms with van der Waals surface area (Å²) in [6.45, 7) is 4.72. The van der Waals surface area contributed by atoms with Crippen molar-refractivity contribution in [3.63, 3.8) is 0 Å². The zero-order chi connectivity index (χ0) is 20.4. The van der Waals surface area contributed by atoms with Crippen molar-refractivity contribution in [3.8, 4) is 5.75 Å². The van der Waals surface area contributed by atoms with E-state index in [1.54, 1.807) is 0 Å². The Morgan fingerprint density at radius 2 is 1.93 bits per heavy atom. The second kappa shape index (κ2) is 7.99. The average molecular weight is 391 g/mol. The number of carbonyl (C=O) groups is 1. The quantitative estimate of drug-likeness (QED) is 0.488. The number of carbonyl (C=O) groups excluding carboxylic acids is 1. The molecule has 0 amide bonds. The summed E-state index contributed by atoms with van der Waals surface area (Å²) in [5, 5.41) is 3.27. The van der Waals surface area contributed by atoms with E-state index in [0.29, 0.717) is 18.1 Å². The van der Waals surface area contributed by atoms with Gasteiger partial charge in [0, 0.05) is 5.70 Å². The second-order valence-corrected chi connectivity index (χ2v) is 7.12. The molecule has 0 saturated carbocycles. The lowest BCUT2D eigenvalue weighted by atomic mass is 9.95. The van der Waals surface area contributed by atoms with Gasteiger partial charge in [0.25, 0.3) is 0 Å². The van der Waals surface area contributed by atoms with Crippen LogP contribution < -0.4 is 10.1 Å². The van der Waals surface area contributed by atoms with E-state index in [9.17, 15) is 4.79 Å². The lowest BCUT2D eigenvalue weighted by Crippen LogP contribution is -2.28. The Labute approximate surface area is 170 Å². The van der Waals surface area contributed by atoms with E-state index < -0.39 is 0 Å². The topological polar surface area (TPSA) is 65.4 Å². The number of allylic oxidation sites excluding steroid dienone is 1. The Morgan fingerprint density at radius 3 is 2.66 bits per heavy atom. The van der Waals surface area contributed by atoms with Crippen LogP contribution in [-0.2, 0) is 9.53 Å². The molecule has 150 valence electrons. The number of esters is 1. The van der Waals surface area contributed by atoms with Gasteiger partial charge in [-0.25, -0.2) is 9.78 Å². The molecule has 0 saturated heterocycles. The van der Waals surface area contributed by atoms with Crippen LogP contribution in [0, 0.1) is 0 Å². The SMILES string of the molecule is CCCCOc1ccc(C2C(C(=O)OC)=C(C)Nc3nc4ccccc4n32)cc1. The van der Waals surface area contributed by atoms with Crippen molar-refractivity contribution in [1.82, 2.24) is 9.55 Å². The van der Waals surface area contributed by atoms with Gasteiger partial charge in [0.15, 0.2) is 0 Å². The van der Waals surface area contributed by atoms with E-state index in [0.717, 1.165) is 40.9 Å². The van der Waals surface area contributed by atoms with Crippen molar-refractivity contribution < 1.29 is 14.3 Å². The first-order valence-electron chi connectivity index (χ1n) is 9.90. The normalized spacial score (nSPS) is 15.8. The van der Waals surface area contributed by atoms with Gasteiger partial charge in [-0.15, -0.1) is 0 Å². The van der Waals surface area contributed by atoms with Gasteiger partial charge in [-0.1, -0.05) is 37.6 Å². The standard InChI is InChI=1S/C23H25N3O3/c1-4-5-14-29-17-12-10-16(11-13-17)21-20(22(27)28-3)15(2)24-23-25-18-8-6-7-9-19(18)26(21)23/h6-13,21H,4-5,14H2,1-3H3,(H,24,25). The number of fused-ring (bicyclic) bond motifs is 3. The van der Waals surface area contributed by atoms with Gasteiger partial charge < -0.3 is 14.8 Å². The molecule has 2 aromatic carbocycles. The lowest BCUT2D eigenvalue weighted by molar-refractivity contribution is -0.136. The number of benzene rings is 2. The first-order valence-corrected chi connectivity index (χ1v) is 9.90. The number of hydrogen-bond donors (Lipinski definition) is 1. The smallest absolute Gasteiger partial charge is 0.337 e. The van der Waals surface area contributed by atoms with Gasteiger partial charge in [0.2, 0.25) is 5.95 Å². The van der Waals surface area contributed by atoms with E-state index in [-0.39, 0.29) is 12.0 Å². The van der Waals surface area contributed by atoms with Crippen LogP contribution in [0.1, 0.15) is 38.3 Å². The number of imidazole rings is 1. The fourth-order valence-electron chi connectivity index (χ4n) is 3.73. The monoisotopic (exact) mass is 391 g/mol. The molecule has 6 nitrogen and oxygen atoms in total. The summed E-state index contributed by atoms with van der Waals surface area (Å²) in [7, 11) is 1.41. The number of nitrogens with zero attached hydrogens (tertiary/aromatic N) is 2. The molecule has 29 heavy (non-hydrogen) atoms. The molecule has 1 atom stereocenters. The van der Waals surface area contributed by atoms with Gasteiger partial charge >= 0.3 is 5.97 Å². The van der Waals surface area contributed by atoms with Gasteiger partial charge in [-0.05, 0) is 43.2 Å². The molecule has 6 heteroatoms. The Kier molecular flexibility index (Phi) is 5.25. The Hall–Kier alpha value is -3.28. The number of unbranched alkanes of at least 4 members (excludes halogenated alkanes) is 1. The maximum Gasteiger partial charge on any atom is 0.337 e. The van der Waals surface area contributed by atoms with Gasteiger partial charge in [0.05, 0.1) is 36.4 Å². The number of nitrogens with one attached hydrogen (secondary N) is 1. The number of para-hydroxylation sites is 2. The van der Waals surface area contributed by atoms with Gasteiger partial charge in [-0.2, -0.15) is 0 Å². The minimum Gasteiger partial charge on any atom is -0.494 e. The largest absolute Gasteiger partial charge is 0.494 e. The average Bonchev–Trinajstić information content (AvgIpc) is 3.11. The predicted octanol–water partition coefficient (Wildman–Crippen LogP) is 4.68. The third-order valence-electron chi connectivity index (χ3n) is 5.20. The Balaban J connectivity index is 1.81. The molecule has 1 unspecified atom stereocenters. The van der Waals surface area contributed by atoms with Crippen LogP contribution in [-0.4, -0.2) is 29.2 Å². The molecule has 1 aliphatic heterocycles. The first-order chi connectivity index (χ1) is 14.1. The molecule has 1 aromatic heterocycles. The number of ether oxygens (including phenoxy) is 2. The number of aromatic nitrogens is 2. The summed E-state index contributed by atoms with van der Waals surface area (Å²) in [5.74, 6) is 1.18. The fourth-order valence-corrected chi connectivity index (χ4v) is 3.73.